The van der Waals surface area contributed by atoms with Crippen LogP contribution in [0.25, 0.3) is 0 Å². The molecule has 1 fully saturated rings. The Balaban J connectivity index is 2.22. The van der Waals surface area contributed by atoms with E-state index in [-0.39, 0.29) is 5.91 Å². The number of hydrogen-bond acceptors (Lipinski definition) is 3. The molecule has 0 bridgehead atoms. The van der Waals surface area contributed by atoms with E-state index in [2.05, 4.69) is 17.1 Å². The van der Waals surface area contributed by atoms with Crippen molar-refractivity contribution < 1.29 is 4.79 Å². The van der Waals surface area contributed by atoms with Crippen LogP contribution in [0.4, 0.5) is 0 Å². The van der Waals surface area contributed by atoms with Gasteiger partial charge in [-0.2, -0.15) is 0 Å². The van der Waals surface area contributed by atoms with Crippen molar-refractivity contribution in [3.05, 3.63) is 0 Å². The first kappa shape index (κ1) is 13.5. The summed E-state index contributed by atoms with van der Waals surface area (Å²) in [6.45, 7) is 9.89. The van der Waals surface area contributed by atoms with Gasteiger partial charge < -0.3 is 16.0 Å². The quantitative estimate of drug-likeness (QED) is 0.738. The number of carbonyl (C=O) groups is 1. The number of nitrogens with zero attached hydrogens (tertiary/aromatic N) is 1. The van der Waals surface area contributed by atoms with E-state index in [9.17, 15) is 4.79 Å². The summed E-state index contributed by atoms with van der Waals surface area (Å²) in [5.41, 5.74) is 4.96. The normalized spacial score (nSPS) is 19.8. The summed E-state index contributed by atoms with van der Waals surface area (Å²) in [5.74, 6) is 0.569. The van der Waals surface area contributed by atoms with Gasteiger partial charge in [0.15, 0.2) is 0 Å². The van der Waals surface area contributed by atoms with Crippen LogP contribution in [-0.4, -0.2) is 42.5 Å². The van der Waals surface area contributed by atoms with Gasteiger partial charge in [-0.15, -0.1) is 0 Å². The van der Waals surface area contributed by atoms with Gasteiger partial charge in [0.1, 0.15) is 0 Å². The van der Waals surface area contributed by atoms with Crippen LogP contribution in [0, 0.1) is 5.92 Å². The lowest BCUT2D eigenvalue weighted by atomic mass is 9.96. The number of rotatable bonds is 4. The largest absolute Gasteiger partial charge is 0.354 e. The van der Waals surface area contributed by atoms with Crippen LogP contribution < -0.4 is 11.1 Å². The number of hydrogen-bond donors (Lipinski definition) is 2. The first-order valence-electron chi connectivity index (χ1n) is 6.23. The van der Waals surface area contributed by atoms with Crippen molar-refractivity contribution in [1.82, 2.24) is 10.2 Å². The van der Waals surface area contributed by atoms with Gasteiger partial charge in [-0.05, 0) is 52.2 Å². The van der Waals surface area contributed by atoms with Gasteiger partial charge >= 0.3 is 0 Å². The van der Waals surface area contributed by atoms with Crippen molar-refractivity contribution in [2.75, 3.05) is 26.2 Å². The Labute approximate surface area is 98.6 Å². The van der Waals surface area contributed by atoms with E-state index in [1.54, 1.807) is 13.8 Å². The zero-order chi connectivity index (χ0) is 12.2. The fourth-order valence-corrected chi connectivity index (χ4v) is 1.97. The Hall–Kier alpha value is -0.610. The Morgan fingerprint density at radius 3 is 2.44 bits per heavy atom. The molecule has 1 aliphatic rings. The van der Waals surface area contributed by atoms with Gasteiger partial charge in [0, 0.05) is 6.54 Å². The molecule has 0 spiro atoms. The zero-order valence-electron chi connectivity index (χ0n) is 10.8. The molecule has 0 atom stereocenters. The van der Waals surface area contributed by atoms with Crippen molar-refractivity contribution in [2.45, 2.75) is 39.2 Å². The molecule has 0 radical (unpaired) electrons. The molecule has 4 heteroatoms. The van der Waals surface area contributed by atoms with Gasteiger partial charge in [0.25, 0.3) is 0 Å². The molecule has 0 saturated carbocycles. The average molecular weight is 227 g/mol. The Kier molecular flexibility index (Phi) is 4.74. The molecule has 1 heterocycles. The predicted molar refractivity (Wildman–Crippen MR) is 66.1 cm³/mol. The minimum atomic E-state index is -0.760. The fourth-order valence-electron chi connectivity index (χ4n) is 1.97. The van der Waals surface area contributed by atoms with Gasteiger partial charge in [-0.25, -0.2) is 0 Å². The second-order valence-electron chi connectivity index (χ2n) is 5.31. The highest BCUT2D eigenvalue weighted by molar-refractivity contribution is 5.84. The molecule has 94 valence electrons. The molecule has 1 rings (SSSR count). The molecular formula is C12H25N3O. The highest BCUT2D eigenvalue weighted by Gasteiger charge is 2.23. The smallest absolute Gasteiger partial charge is 0.239 e. The molecule has 1 amide bonds. The van der Waals surface area contributed by atoms with Crippen LogP contribution in [0.1, 0.15) is 33.6 Å². The van der Waals surface area contributed by atoms with E-state index in [0.717, 1.165) is 26.2 Å². The van der Waals surface area contributed by atoms with E-state index >= 15 is 0 Å². The molecule has 1 saturated heterocycles. The third kappa shape index (κ3) is 4.10. The molecule has 0 aromatic heterocycles. The number of likely N-dealkylation sites (tertiary alicyclic amines) is 1. The maximum absolute atomic E-state index is 11.6. The lowest BCUT2D eigenvalue weighted by Crippen LogP contribution is -2.50. The number of amides is 1. The topological polar surface area (TPSA) is 58.4 Å². The monoisotopic (exact) mass is 227 g/mol. The van der Waals surface area contributed by atoms with E-state index in [4.69, 9.17) is 5.73 Å². The second-order valence-corrected chi connectivity index (χ2v) is 5.31. The van der Waals surface area contributed by atoms with E-state index in [0.29, 0.717) is 5.92 Å². The predicted octanol–water partition coefficient (Wildman–Crippen LogP) is 0.572. The van der Waals surface area contributed by atoms with Crippen LogP contribution in [-0.2, 0) is 4.79 Å². The summed E-state index contributed by atoms with van der Waals surface area (Å²) in [6, 6.07) is 0. The van der Waals surface area contributed by atoms with Crippen molar-refractivity contribution in [3.8, 4) is 0 Å². The molecule has 4 nitrogen and oxygen atoms in total. The number of nitrogens with one attached hydrogen (secondary N) is 1. The third-order valence-corrected chi connectivity index (χ3v) is 3.29. The molecule has 16 heavy (non-hydrogen) atoms. The van der Waals surface area contributed by atoms with Crippen LogP contribution in [0.5, 0.6) is 0 Å². The van der Waals surface area contributed by atoms with Crippen molar-refractivity contribution in [1.29, 1.82) is 0 Å². The average Bonchev–Trinajstić information content (AvgIpc) is 2.25. The van der Waals surface area contributed by atoms with Gasteiger partial charge in [0.05, 0.1) is 5.54 Å². The number of carbonyl (C=O) groups excluding carboxylic acids is 1. The number of nitrogens with two attached hydrogens (primary N) is 1. The first-order chi connectivity index (χ1) is 7.43. The zero-order valence-corrected chi connectivity index (χ0v) is 10.8. The van der Waals surface area contributed by atoms with Crippen LogP contribution in [0.2, 0.25) is 0 Å². The molecular weight excluding hydrogens is 202 g/mol. The van der Waals surface area contributed by atoms with E-state index in [1.807, 2.05) is 0 Å². The highest BCUT2D eigenvalue weighted by Crippen LogP contribution is 2.15. The summed E-state index contributed by atoms with van der Waals surface area (Å²) in [5, 5.41) is 2.94. The summed E-state index contributed by atoms with van der Waals surface area (Å²) >= 11 is 0. The standard InChI is InChI=1S/C12H25N3O/c1-4-15-7-5-10(6-8-15)9-14-11(16)12(2,3)13/h10H,4-9,13H2,1-3H3,(H,14,16). The van der Waals surface area contributed by atoms with Crippen LogP contribution in [0.3, 0.4) is 0 Å². The van der Waals surface area contributed by atoms with Crippen molar-refractivity contribution in [3.63, 3.8) is 0 Å². The molecule has 0 unspecified atom stereocenters. The molecule has 0 aromatic rings. The third-order valence-electron chi connectivity index (χ3n) is 3.29. The van der Waals surface area contributed by atoms with Crippen molar-refractivity contribution in [2.24, 2.45) is 11.7 Å². The second kappa shape index (κ2) is 5.64. The first-order valence-corrected chi connectivity index (χ1v) is 6.23. The molecule has 3 N–H and O–H groups in total. The van der Waals surface area contributed by atoms with Crippen LogP contribution >= 0.6 is 0 Å². The summed E-state index contributed by atoms with van der Waals surface area (Å²) < 4.78 is 0. The van der Waals surface area contributed by atoms with E-state index < -0.39 is 5.54 Å². The molecule has 1 aliphatic heterocycles. The minimum Gasteiger partial charge on any atom is -0.354 e. The maximum Gasteiger partial charge on any atom is 0.239 e. The Morgan fingerprint density at radius 2 is 2.00 bits per heavy atom. The molecule has 0 aliphatic carbocycles. The SMILES string of the molecule is CCN1CCC(CNC(=O)C(C)(C)N)CC1. The van der Waals surface area contributed by atoms with Gasteiger partial charge in [-0.1, -0.05) is 6.92 Å². The Bertz CT molecular complexity index is 227. The molecule has 0 aromatic carbocycles. The van der Waals surface area contributed by atoms with Gasteiger partial charge in [0.2, 0.25) is 5.91 Å². The highest BCUT2D eigenvalue weighted by atomic mass is 16.2. The lowest BCUT2D eigenvalue weighted by Gasteiger charge is -2.31. The van der Waals surface area contributed by atoms with E-state index in [1.165, 1.54) is 12.8 Å². The summed E-state index contributed by atoms with van der Waals surface area (Å²) in [4.78, 5) is 14.0. The van der Waals surface area contributed by atoms with Crippen LogP contribution in [0.15, 0.2) is 0 Å². The lowest BCUT2D eigenvalue weighted by molar-refractivity contribution is -0.125. The maximum atomic E-state index is 11.6. The summed E-state index contributed by atoms with van der Waals surface area (Å²) in [6.07, 6.45) is 2.36. The summed E-state index contributed by atoms with van der Waals surface area (Å²) in [7, 11) is 0. The number of piperidine rings is 1. The minimum absolute atomic E-state index is 0.0505. The van der Waals surface area contributed by atoms with Gasteiger partial charge in [-0.3, -0.25) is 4.79 Å². The van der Waals surface area contributed by atoms with Crippen molar-refractivity contribution >= 4 is 5.91 Å². The Morgan fingerprint density at radius 1 is 1.44 bits per heavy atom. The fraction of sp³-hybridized carbons (Fsp3) is 0.917.